The highest BCUT2D eigenvalue weighted by Gasteiger charge is 2.33. The van der Waals surface area contributed by atoms with Crippen LogP contribution in [-0.4, -0.2) is 6.71 Å². The molecule has 6 aromatic rings. The Morgan fingerprint density at radius 1 is 0.455 bits per heavy atom. The fourth-order valence-corrected chi connectivity index (χ4v) is 5.61. The highest BCUT2D eigenvalue weighted by Crippen LogP contribution is 2.37. The third kappa shape index (κ3) is 2.67. The van der Waals surface area contributed by atoms with Gasteiger partial charge in [0.25, 0.3) is 6.71 Å². The summed E-state index contributed by atoms with van der Waals surface area (Å²) in [7, 11) is 0. The predicted octanol–water partition coefficient (Wildman–Crippen LogP) is 6.08. The molecule has 0 atom stereocenters. The Labute approximate surface area is 193 Å². The van der Waals surface area contributed by atoms with Crippen LogP contribution in [0.4, 0.5) is 0 Å². The van der Waals surface area contributed by atoms with E-state index in [1.165, 1.54) is 54.3 Å². The third-order valence-corrected chi connectivity index (χ3v) is 7.14. The number of fused-ring (bicyclic) bond motifs is 8. The van der Waals surface area contributed by atoms with Crippen LogP contribution in [0.1, 0.15) is 5.56 Å². The number of hydrogen-bond donors (Lipinski definition) is 0. The fourth-order valence-electron chi connectivity index (χ4n) is 5.61. The van der Waals surface area contributed by atoms with Crippen LogP contribution in [0.2, 0.25) is 0 Å². The first-order valence-corrected chi connectivity index (χ1v) is 11.5. The molecule has 1 nitrogen and oxygen atoms in total. The lowest BCUT2D eigenvalue weighted by Gasteiger charge is -2.28. The molecule has 7 rings (SSSR count). The summed E-state index contributed by atoms with van der Waals surface area (Å²) in [4.78, 5) is 0. The van der Waals surface area contributed by atoms with Gasteiger partial charge in [-0.3, -0.25) is 0 Å². The van der Waals surface area contributed by atoms with Crippen LogP contribution in [0, 0.1) is 6.92 Å². The van der Waals surface area contributed by atoms with Crippen LogP contribution in [-0.2, 0) is 0 Å². The van der Waals surface area contributed by atoms with Crippen molar-refractivity contribution in [3.63, 3.8) is 0 Å². The summed E-state index contributed by atoms with van der Waals surface area (Å²) in [6, 6.07) is 39.3. The Hall–Kier alpha value is -4.04. The molecule has 0 N–H and O–H groups in total. The Morgan fingerprint density at radius 2 is 0.970 bits per heavy atom. The van der Waals surface area contributed by atoms with Crippen molar-refractivity contribution in [3.8, 4) is 11.5 Å². The topological polar surface area (TPSA) is 9.23 Å². The minimum Gasteiger partial charge on any atom is -0.458 e. The van der Waals surface area contributed by atoms with Gasteiger partial charge < -0.3 is 4.74 Å². The molecular formula is C31H21BO. The molecule has 0 spiro atoms. The molecule has 0 saturated heterocycles. The summed E-state index contributed by atoms with van der Waals surface area (Å²) in [6.45, 7) is 2.35. The normalized spacial score (nSPS) is 12.6. The van der Waals surface area contributed by atoms with Crippen LogP contribution < -0.4 is 21.1 Å². The molecule has 6 aromatic carbocycles. The van der Waals surface area contributed by atoms with E-state index in [4.69, 9.17) is 4.74 Å². The molecule has 33 heavy (non-hydrogen) atoms. The number of aryl methyl sites for hydroxylation is 1. The summed E-state index contributed by atoms with van der Waals surface area (Å²) in [5.74, 6) is 1.90. The molecule has 1 aliphatic heterocycles. The minimum atomic E-state index is 0.140. The first-order valence-electron chi connectivity index (χ1n) is 11.5. The van der Waals surface area contributed by atoms with Crippen LogP contribution >= 0.6 is 0 Å². The molecule has 0 bridgehead atoms. The van der Waals surface area contributed by atoms with Crippen LogP contribution in [0.5, 0.6) is 11.5 Å². The zero-order valence-corrected chi connectivity index (χ0v) is 18.4. The molecule has 0 unspecified atom stereocenters. The Kier molecular flexibility index (Phi) is 3.92. The van der Waals surface area contributed by atoms with E-state index in [9.17, 15) is 0 Å². The maximum Gasteiger partial charge on any atom is 0.251 e. The molecule has 2 heteroatoms. The molecule has 0 fully saturated rings. The molecule has 0 aromatic heterocycles. The lowest BCUT2D eigenvalue weighted by Crippen LogP contribution is -2.55. The quantitative estimate of drug-likeness (QED) is 0.231. The zero-order chi connectivity index (χ0) is 21.9. The first kappa shape index (κ1) is 18.5. The zero-order valence-electron chi connectivity index (χ0n) is 18.4. The van der Waals surface area contributed by atoms with Crippen molar-refractivity contribution in [1.29, 1.82) is 0 Å². The lowest BCUT2D eigenvalue weighted by atomic mass is 9.35. The van der Waals surface area contributed by atoms with E-state index in [0.29, 0.717) is 0 Å². The minimum absolute atomic E-state index is 0.140. The second kappa shape index (κ2) is 6.98. The summed E-state index contributed by atoms with van der Waals surface area (Å²) in [5.41, 5.74) is 5.09. The van der Waals surface area contributed by atoms with Crippen molar-refractivity contribution in [3.05, 3.63) is 115 Å². The summed E-state index contributed by atoms with van der Waals surface area (Å²) in [5, 5.41) is 7.66. The van der Waals surface area contributed by atoms with Crippen molar-refractivity contribution < 1.29 is 4.74 Å². The molecule has 1 heterocycles. The van der Waals surface area contributed by atoms with Crippen molar-refractivity contribution in [2.75, 3.05) is 0 Å². The van der Waals surface area contributed by atoms with Gasteiger partial charge >= 0.3 is 0 Å². The molecule has 0 radical (unpaired) electrons. The van der Waals surface area contributed by atoms with E-state index >= 15 is 0 Å². The van der Waals surface area contributed by atoms with Gasteiger partial charge in [-0.15, -0.1) is 0 Å². The summed E-state index contributed by atoms with van der Waals surface area (Å²) >= 11 is 0. The van der Waals surface area contributed by atoms with E-state index < -0.39 is 0 Å². The SMILES string of the molecule is Cc1ccccc1B1c2ccccc2Oc2cc3c4ccccc4c4ccccc4c3cc21. The number of rotatable bonds is 1. The summed E-state index contributed by atoms with van der Waals surface area (Å²) < 4.78 is 6.54. The lowest BCUT2D eigenvalue weighted by molar-refractivity contribution is 0.488. The van der Waals surface area contributed by atoms with Crippen molar-refractivity contribution in [2.24, 2.45) is 0 Å². The monoisotopic (exact) mass is 420 g/mol. The van der Waals surface area contributed by atoms with E-state index in [2.05, 4.69) is 116 Å². The van der Waals surface area contributed by atoms with Crippen LogP contribution in [0.3, 0.4) is 0 Å². The van der Waals surface area contributed by atoms with Gasteiger partial charge in [-0.1, -0.05) is 108 Å². The largest absolute Gasteiger partial charge is 0.458 e. The van der Waals surface area contributed by atoms with Gasteiger partial charge in [0.1, 0.15) is 11.5 Å². The van der Waals surface area contributed by atoms with Gasteiger partial charge in [0, 0.05) is 0 Å². The maximum atomic E-state index is 6.54. The van der Waals surface area contributed by atoms with Gasteiger partial charge in [0.15, 0.2) is 0 Å². The van der Waals surface area contributed by atoms with E-state index in [1.807, 2.05) is 0 Å². The molecule has 0 amide bonds. The Bertz CT molecular complexity index is 1710. The second-order valence-corrected chi connectivity index (χ2v) is 8.96. The molecule has 0 saturated carbocycles. The highest BCUT2D eigenvalue weighted by molar-refractivity contribution is 6.97. The second-order valence-electron chi connectivity index (χ2n) is 8.96. The van der Waals surface area contributed by atoms with Gasteiger partial charge in [-0.05, 0) is 62.3 Å². The predicted molar refractivity (Wildman–Crippen MR) is 141 cm³/mol. The van der Waals surface area contributed by atoms with E-state index in [0.717, 1.165) is 11.5 Å². The van der Waals surface area contributed by atoms with Crippen LogP contribution in [0.15, 0.2) is 109 Å². The average molecular weight is 420 g/mol. The van der Waals surface area contributed by atoms with Gasteiger partial charge in [-0.25, -0.2) is 0 Å². The number of hydrogen-bond acceptors (Lipinski definition) is 1. The third-order valence-electron chi connectivity index (χ3n) is 7.14. The average Bonchev–Trinajstić information content (AvgIpc) is 2.87. The standard InChI is InChI=1S/C31H21BO/c1-20-10-2-7-15-27(20)32-28-16-8-9-17-30(28)33-31-19-26-24-14-6-4-12-22(24)21-11-3-5-13-23(21)25(26)18-29(31)32/h2-19H,1H3. The first-order chi connectivity index (χ1) is 16.3. The highest BCUT2D eigenvalue weighted by atomic mass is 16.5. The van der Waals surface area contributed by atoms with Crippen molar-refractivity contribution in [1.82, 2.24) is 0 Å². The smallest absolute Gasteiger partial charge is 0.251 e. The molecule has 154 valence electrons. The molecular weight excluding hydrogens is 399 g/mol. The van der Waals surface area contributed by atoms with Crippen LogP contribution in [0.25, 0.3) is 32.3 Å². The molecule has 0 aliphatic carbocycles. The van der Waals surface area contributed by atoms with Gasteiger partial charge in [-0.2, -0.15) is 0 Å². The Balaban J connectivity index is 1.63. The van der Waals surface area contributed by atoms with E-state index in [1.54, 1.807) is 0 Å². The number of benzene rings is 6. The number of ether oxygens (including phenoxy) is 1. The van der Waals surface area contributed by atoms with Crippen molar-refractivity contribution >= 4 is 55.4 Å². The van der Waals surface area contributed by atoms with Crippen molar-refractivity contribution in [2.45, 2.75) is 6.92 Å². The summed E-state index contributed by atoms with van der Waals surface area (Å²) in [6.07, 6.45) is 0. The number of para-hydroxylation sites is 1. The Morgan fingerprint density at radius 3 is 1.64 bits per heavy atom. The van der Waals surface area contributed by atoms with Gasteiger partial charge in [0.2, 0.25) is 0 Å². The maximum absolute atomic E-state index is 6.54. The van der Waals surface area contributed by atoms with Gasteiger partial charge in [0.05, 0.1) is 0 Å². The fraction of sp³-hybridized carbons (Fsp3) is 0.0323. The van der Waals surface area contributed by atoms with E-state index in [-0.39, 0.29) is 6.71 Å². The molecule has 1 aliphatic rings.